The van der Waals surface area contributed by atoms with Gasteiger partial charge in [0.1, 0.15) is 35.4 Å². The van der Waals surface area contributed by atoms with Gasteiger partial charge < -0.3 is 31.3 Å². The lowest BCUT2D eigenvalue weighted by molar-refractivity contribution is 0.426. The highest BCUT2D eigenvalue weighted by atomic mass is 35.5. The molecule has 4 heterocycles. The Labute approximate surface area is 372 Å². The van der Waals surface area contributed by atoms with Gasteiger partial charge in [0.15, 0.2) is 5.82 Å². The molecule has 0 atom stereocenters. The van der Waals surface area contributed by atoms with E-state index in [-0.39, 0.29) is 5.28 Å². The molecule has 0 aliphatic rings. The average molecular weight is 882 g/mol. The van der Waals surface area contributed by atoms with Gasteiger partial charge in [0.05, 0.1) is 22.2 Å². The molecule has 308 valence electrons. The summed E-state index contributed by atoms with van der Waals surface area (Å²) in [6.07, 6.45) is 3.08. The molecule has 14 nitrogen and oxygen atoms in total. The van der Waals surface area contributed by atoms with E-state index in [0.717, 1.165) is 44.8 Å². The summed E-state index contributed by atoms with van der Waals surface area (Å²) in [6, 6.07) is 40.5. The molecule has 4 aromatic carbocycles. The molecule has 62 heavy (non-hydrogen) atoms. The summed E-state index contributed by atoms with van der Waals surface area (Å²) in [7, 11) is -1.41. The van der Waals surface area contributed by atoms with E-state index in [4.69, 9.17) is 60.4 Å². The van der Waals surface area contributed by atoms with Crippen LogP contribution in [-0.2, 0) is 0 Å². The third-order valence-electron chi connectivity index (χ3n) is 8.68. The highest BCUT2D eigenvalue weighted by Gasteiger charge is 2.11. The van der Waals surface area contributed by atoms with E-state index in [0.29, 0.717) is 64.5 Å². The van der Waals surface area contributed by atoms with Gasteiger partial charge in [0.2, 0.25) is 5.28 Å². The number of halogens is 3. The van der Waals surface area contributed by atoms with E-state index in [2.05, 4.69) is 52.3 Å². The molecular formula is C44H36BCl3N12O2. The summed E-state index contributed by atoms with van der Waals surface area (Å²) in [6.45, 7) is 2.57. The minimum atomic E-state index is -1.41. The molecule has 0 radical (unpaired) electrons. The van der Waals surface area contributed by atoms with Crippen LogP contribution in [0.25, 0.3) is 33.2 Å². The SMILES string of the molecule is N#Cc1ccc(NCCNc2nc(-c3ccc(Cl)cc3)nc3ccccc23)nc1.N#Cc1ccc(NCCNc2nc(Cl)nc3ccccc23)nc1.OB(O)c1ccc(Cl)cc1. The van der Waals surface area contributed by atoms with Crippen molar-refractivity contribution in [2.75, 3.05) is 47.4 Å². The van der Waals surface area contributed by atoms with Crippen LogP contribution in [0.15, 0.2) is 134 Å². The van der Waals surface area contributed by atoms with Crippen LogP contribution in [-0.4, -0.2) is 73.2 Å². The molecule has 0 aliphatic carbocycles. The normalized spacial score (nSPS) is 10.2. The van der Waals surface area contributed by atoms with Crippen molar-refractivity contribution in [3.63, 3.8) is 0 Å². The number of pyridine rings is 2. The van der Waals surface area contributed by atoms with Gasteiger partial charge in [-0.1, -0.05) is 59.6 Å². The second-order valence-electron chi connectivity index (χ2n) is 13.0. The van der Waals surface area contributed by atoms with Crippen molar-refractivity contribution in [1.82, 2.24) is 29.9 Å². The number of hydrogen-bond donors (Lipinski definition) is 6. The fraction of sp³-hybridized carbons (Fsp3) is 0.0909. The van der Waals surface area contributed by atoms with Gasteiger partial charge in [-0.15, -0.1) is 0 Å². The van der Waals surface area contributed by atoms with Crippen LogP contribution >= 0.6 is 34.8 Å². The van der Waals surface area contributed by atoms with Crippen LogP contribution in [0, 0.1) is 22.7 Å². The zero-order chi connectivity index (χ0) is 43.7. The molecule has 18 heteroatoms. The van der Waals surface area contributed by atoms with Gasteiger partial charge >= 0.3 is 7.12 Å². The van der Waals surface area contributed by atoms with Gasteiger partial charge in [0, 0.05) is 65.0 Å². The molecule has 8 aromatic rings. The van der Waals surface area contributed by atoms with Gasteiger partial charge in [-0.25, -0.2) is 29.9 Å². The molecule has 0 aliphatic heterocycles. The smallest absolute Gasteiger partial charge is 0.423 e. The molecule has 6 N–H and O–H groups in total. The van der Waals surface area contributed by atoms with Crippen LogP contribution in [0.5, 0.6) is 0 Å². The summed E-state index contributed by atoms with van der Waals surface area (Å²) in [5, 5.41) is 51.2. The number of aromatic nitrogens is 6. The Morgan fingerprint density at radius 2 is 0.984 bits per heavy atom. The van der Waals surface area contributed by atoms with Gasteiger partial charge in [-0.05, 0) is 102 Å². The lowest BCUT2D eigenvalue weighted by Crippen LogP contribution is -2.29. The number of fused-ring (bicyclic) bond motifs is 2. The fourth-order valence-electron chi connectivity index (χ4n) is 5.63. The fourth-order valence-corrected chi connectivity index (χ4v) is 6.06. The number of nitrogens with zero attached hydrogens (tertiary/aromatic N) is 8. The van der Waals surface area contributed by atoms with Crippen molar-refractivity contribution in [2.24, 2.45) is 0 Å². The Morgan fingerprint density at radius 3 is 1.47 bits per heavy atom. The molecule has 0 fully saturated rings. The first-order chi connectivity index (χ1) is 30.2. The van der Waals surface area contributed by atoms with Crippen molar-refractivity contribution >= 4 is 92.5 Å². The Morgan fingerprint density at radius 1 is 0.516 bits per heavy atom. The second-order valence-corrected chi connectivity index (χ2v) is 14.2. The third kappa shape index (κ3) is 12.9. The Balaban J connectivity index is 0.000000173. The van der Waals surface area contributed by atoms with Crippen LogP contribution in [0.4, 0.5) is 23.3 Å². The number of nitrogens with one attached hydrogen (secondary N) is 4. The van der Waals surface area contributed by atoms with E-state index in [1.54, 1.807) is 54.7 Å². The van der Waals surface area contributed by atoms with E-state index in [9.17, 15) is 0 Å². The largest absolute Gasteiger partial charge is 0.488 e. The minimum absolute atomic E-state index is 0.216. The molecule has 0 saturated carbocycles. The van der Waals surface area contributed by atoms with Crippen molar-refractivity contribution in [2.45, 2.75) is 0 Å². The standard InChI is InChI=1S/C22H17ClN6.C16H13ClN6.C6H6BClO2/c23-17-8-6-16(7-9-17)21-28-19-4-2-1-3-18(19)22(29-21)26-12-11-25-20-10-5-15(13-24)14-27-20;17-16-22-13-4-2-1-3-12(13)15(23-16)20-8-7-19-14-6-5-11(9-18)10-21-14;8-6-3-1-5(2-4-6)7(9)10/h1-10,14H,11-12H2,(H,25,27)(H,26,28,29);1-6,10H,7-8H2,(H,19,21)(H,20,22,23);1-4,9-10H. The molecule has 0 unspecified atom stereocenters. The maximum absolute atomic E-state index is 8.83. The Bertz CT molecular complexity index is 2790. The van der Waals surface area contributed by atoms with E-state index < -0.39 is 7.12 Å². The lowest BCUT2D eigenvalue weighted by Gasteiger charge is -2.12. The summed E-state index contributed by atoms with van der Waals surface area (Å²) < 4.78 is 0. The average Bonchev–Trinajstić information content (AvgIpc) is 3.30. The Hall–Kier alpha value is -7.11. The predicted molar refractivity (Wildman–Crippen MR) is 248 cm³/mol. The van der Waals surface area contributed by atoms with Crippen molar-refractivity contribution in [3.05, 3.63) is 160 Å². The second kappa shape index (κ2) is 22.5. The number of anilines is 4. The van der Waals surface area contributed by atoms with Crippen LogP contribution < -0.4 is 26.7 Å². The third-order valence-corrected chi connectivity index (χ3v) is 9.36. The van der Waals surface area contributed by atoms with E-state index in [1.165, 1.54) is 6.20 Å². The molecule has 0 spiro atoms. The number of benzene rings is 4. The zero-order valence-corrected chi connectivity index (χ0v) is 35.0. The molecule has 4 aromatic heterocycles. The van der Waals surface area contributed by atoms with Gasteiger partial charge in [-0.3, -0.25) is 0 Å². The monoisotopic (exact) mass is 880 g/mol. The number of rotatable bonds is 12. The first-order valence-corrected chi connectivity index (χ1v) is 20.1. The summed E-state index contributed by atoms with van der Waals surface area (Å²) in [4.78, 5) is 26.2. The van der Waals surface area contributed by atoms with E-state index >= 15 is 0 Å². The lowest BCUT2D eigenvalue weighted by atomic mass is 9.81. The molecular weight excluding hydrogens is 846 g/mol. The summed E-state index contributed by atoms with van der Waals surface area (Å²) in [5.74, 6) is 3.56. The topological polar surface area (TPSA) is 213 Å². The predicted octanol–water partition coefficient (Wildman–Crippen LogP) is 7.83. The van der Waals surface area contributed by atoms with Crippen LogP contribution in [0.3, 0.4) is 0 Å². The first kappa shape index (κ1) is 44.4. The van der Waals surface area contributed by atoms with Crippen molar-refractivity contribution < 1.29 is 10.0 Å². The van der Waals surface area contributed by atoms with Crippen LogP contribution in [0.2, 0.25) is 15.3 Å². The first-order valence-electron chi connectivity index (χ1n) is 18.9. The van der Waals surface area contributed by atoms with Crippen molar-refractivity contribution in [3.8, 4) is 23.5 Å². The quantitative estimate of drug-likeness (QED) is 0.0392. The highest BCUT2D eigenvalue weighted by molar-refractivity contribution is 6.58. The van der Waals surface area contributed by atoms with Crippen LogP contribution in [0.1, 0.15) is 11.1 Å². The molecule has 0 amide bonds. The number of nitriles is 2. The van der Waals surface area contributed by atoms with Gasteiger partial charge in [-0.2, -0.15) is 10.5 Å². The molecule has 8 rings (SSSR count). The zero-order valence-electron chi connectivity index (χ0n) is 32.7. The highest BCUT2D eigenvalue weighted by Crippen LogP contribution is 2.26. The summed E-state index contributed by atoms with van der Waals surface area (Å²) >= 11 is 17.5. The Kier molecular flexibility index (Phi) is 16.1. The minimum Gasteiger partial charge on any atom is -0.423 e. The van der Waals surface area contributed by atoms with Crippen molar-refractivity contribution in [1.29, 1.82) is 10.5 Å². The molecule has 0 bridgehead atoms. The van der Waals surface area contributed by atoms with Gasteiger partial charge in [0.25, 0.3) is 0 Å². The number of para-hydroxylation sites is 2. The molecule has 0 saturated heterocycles. The summed E-state index contributed by atoms with van der Waals surface area (Å²) in [5.41, 5.74) is 4.10. The van der Waals surface area contributed by atoms with E-state index in [1.807, 2.05) is 78.9 Å². The maximum atomic E-state index is 8.83. The number of hydrogen-bond acceptors (Lipinski definition) is 14. The maximum Gasteiger partial charge on any atom is 0.488 e.